The molecule has 2 aromatic rings. The molecule has 24 heavy (non-hydrogen) atoms. The predicted molar refractivity (Wildman–Crippen MR) is 95.8 cm³/mol. The summed E-state index contributed by atoms with van der Waals surface area (Å²) in [6.07, 6.45) is 2.21. The summed E-state index contributed by atoms with van der Waals surface area (Å²) in [6, 6.07) is 15.0. The highest BCUT2D eigenvalue weighted by Crippen LogP contribution is 2.31. The smallest absolute Gasteiger partial charge is 0.265 e. The normalized spacial score (nSPS) is 13.2. The van der Waals surface area contributed by atoms with Gasteiger partial charge in [0, 0.05) is 23.5 Å². The highest BCUT2D eigenvalue weighted by Gasteiger charge is 2.25. The molecule has 0 atom stereocenters. The Bertz CT molecular complexity index is 763. The van der Waals surface area contributed by atoms with Gasteiger partial charge in [-0.15, -0.1) is 11.8 Å². The molecule has 0 saturated carbocycles. The number of fused-ring (bicyclic) bond motifs is 1. The fraction of sp³-hybridized carbons (Fsp3) is 0.222. The molecule has 5 nitrogen and oxygen atoms in total. The minimum atomic E-state index is -0.133. The van der Waals surface area contributed by atoms with E-state index in [0.717, 1.165) is 10.6 Å². The molecule has 124 valence electrons. The second-order valence-electron chi connectivity index (χ2n) is 5.33. The fourth-order valence-electron chi connectivity index (χ4n) is 2.54. The molecule has 1 heterocycles. The van der Waals surface area contributed by atoms with Gasteiger partial charge in [0.05, 0.1) is 5.69 Å². The van der Waals surface area contributed by atoms with Gasteiger partial charge in [-0.25, -0.2) is 0 Å². The summed E-state index contributed by atoms with van der Waals surface area (Å²) >= 11 is 1.62. The Morgan fingerprint density at radius 3 is 2.92 bits per heavy atom. The molecule has 2 amide bonds. The van der Waals surface area contributed by atoms with Crippen molar-refractivity contribution < 1.29 is 14.3 Å². The van der Waals surface area contributed by atoms with Gasteiger partial charge in [0.15, 0.2) is 6.61 Å². The van der Waals surface area contributed by atoms with Gasteiger partial charge in [0.25, 0.3) is 5.91 Å². The summed E-state index contributed by atoms with van der Waals surface area (Å²) in [5.41, 5.74) is 1.48. The van der Waals surface area contributed by atoms with Crippen LogP contribution in [0.15, 0.2) is 53.4 Å². The topological polar surface area (TPSA) is 58.6 Å². The molecule has 0 aliphatic carbocycles. The number of hydrogen-bond acceptors (Lipinski definition) is 4. The lowest BCUT2D eigenvalue weighted by Crippen LogP contribution is -2.40. The first-order valence-corrected chi connectivity index (χ1v) is 8.86. The largest absolute Gasteiger partial charge is 0.482 e. The van der Waals surface area contributed by atoms with Crippen molar-refractivity contribution in [3.8, 4) is 5.75 Å². The van der Waals surface area contributed by atoms with Crippen molar-refractivity contribution in [1.82, 2.24) is 0 Å². The molecule has 0 spiro atoms. The van der Waals surface area contributed by atoms with Crippen molar-refractivity contribution >= 4 is 35.0 Å². The first-order chi connectivity index (χ1) is 11.7. The van der Waals surface area contributed by atoms with Crippen molar-refractivity contribution in [1.29, 1.82) is 0 Å². The number of anilines is 2. The summed E-state index contributed by atoms with van der Waals surface area (Å²) in [5.74, 6) is 0.418. The van der Waals surface area contributed by atoms with Crippen LogP contribution in [0, 0.1) is 0 Å². The lowest BCUT2D eigenvalue weighted by molar-refractivity contribution is -0.121. The van der Waals surface area contributed by atoms with E-state index in [1.54, 1.807) is 16.7 Å². The Morgan fingerprint density at radius 2 is 2.08 bits per heavy atom. The van der Waals surface area contributed by atoms with E-state index < -0.39 is 0 Å². The molecule has 0 fully saturated rings. The maximum Gasteiger partial charge on any atom is 0.265 e. The zero-order valence-corrected chi connectivity index (χ0v) is 14.1. The van der Waals surface area contributed by atoms with Crippen LogP contribution in [-0.4, -0.2) is 31.2 Å². The highest BCUT2D eigenvalue weighted by molar-refractivity contribution is 7.98. The first-order valence-electron chi connectivity index (χ1n) is 7.63. The van der Waals surface area contributed by atoms with E-state index >= 15 is 0 Å². The number of hydrogen-bond donors (Lipinski definition) is 1. The van der Waals surface area contributed by atoms with Crippen LogP contribution in [0.25, 0.3) is 0 Å². The number of carbonyl (C=O) groups is 2. The summed E-state index contributed by atoms with van der Waals surface area (Å²) in [7, 11) is 0. The Kier molecular flexibility index (Phi) is 5.05. The number of nitrogens with zero attached hydrogens (tertiary/aromatic N) is 1. The first kappa shape index (κ1) is 16.4. The van der Waals surface area contributed by atoms with Gasteiger partial charge in [-0.2, -0.15) is 0 Å². The van der Waals surface area contributed by atoms with Crippen LogP contribution in [0.5, 0.6) is 5.75 Å². The Hall–Kier alpha value is -2.47. The maximum absolute atomic E-state index is 12.2. The lowest BCUT2D eigenvalue weighted by atomic mass is 10.2. The molecule has 0 bridgehead atoms. The van der Waals surface area contributed by atoms with Gasteiger partial charge >= 0.3 is 0 Å². The van der Waals surface area contributed by atoms with E-state index in [1.807, 2.05) is 54.8 Å². The molecule has 0 aromatic heterocycles. The minimum absolute atomic E-state index is 0.00833. The van der Waals surface area contributed by atoms with Crippen LogP contribution < -0.4 is 15.0 Å². The Morgan fingerprint density at radius 1 is 1.25 bits per heavy atom. The summed E-state index contributed by atoms with van der Waals surface area (Å²) in [6.45, 7) is 0.335. The number of benzene rings is 2. The Labute approximate surface area is 145 Å². The van der Waals surface area contributed by atoms with E-state index in [9.17, 15) is 9.59 Å². The molecule has 0 unspecified atom stereocenters. The van der Waals surface area contributed by atoms with Gasteiger partial charge in [-0.05, 0) is 36.6 Å². The van der Waals surface area contributed by atoms with Crippen LogP contribution >= 0.6 is 11.8 Å². The second-order valence-corrected chi connectivity index (χ2v) is 6.21. The van der Waals surface area contributed by atoms with Crippen LogP contribution in [0.2, 0.25) is 0 Å². The standard InChI is InChI=1S/C18H18N2O3S/c1-24-14-6-4-5-13(11-14)19-17(21)9-10-20-15-7-2-3-8-16(15)23-12-18(20)22/h2-8,11H,9-10,12H2,1H3,(H,19,21). The molecule has 1 aliphatic rings. The van der Waals surface area contributed by atoms with Crippen molar-refractivity contribution in [3.05, 3.63) is 48.5 Å². The van der Waals surface area contributed by atoms with E-state index in [4.69, 9.17) is 4.74 Å². The van der Waals surface area contributed by atoms with E-state index in [-0.39, 0.29) is 24.8 Å². The van der Waals surface area contributed by atoms with Crippen molar-refractivity contribution in [2.75, 3.05) is 29.6 Å². The van der Waals surface area contributed by atoms with Gasteiger partial charge in [-0.3, -0.25) is 9.59 Å². The van der Waals surface area contributed by atoms with Gasteiger partial charge in [-0.1, -0.05) is 18.2 Å². The summed E-state index contributed by atoms with van der Waals surface area (Å²) in [4.78, 5) is 27.0. The molecule has 3 rings (SSSR count). The van der Waals surface area contributed by atoms with Crippen LogP contribution in [-0.2, 0) is 9.59 Å². The molecule has 0 radical (unpaired) electrons. The highest BCUT2D eigenvalue weighted by atomic mass is 32.2. The van der Waals surface area contributed by atoms with Gasteiger partial charge in [0.2, 0.25) is 5.91 Å². The second kappa shape index (κ2) is 7.40. The number of ether oxygens (including phenoxy) is 1. The third-order valence-electron chi connectivity index (χ3n) is 3.72. The zero-order valence-electron chi connectivity index (χ0n) is 13.3. The lowest BCUT2D eigenvalue weighted by Gasteiger charge is -2.29. The SMILES string of the molecule is CSc1cccc(NC(=O)CCN2C(=O)COc3ccccc32)c1. The number of para-hydroxylation sites is 2. The van der Waals surface area contributed by atoms with Crippen molar-refractivity contribution in [2.24, 2.45) is 0 Å². The van der Waals surface area contributed by atoms with Crippen molar-refractivity contribution in [2.45, 2.75) is 11.3 Å². The third kappa shape index (κ3) is 3.71. The number of thioether (sulfide) groups is 1. The van der Waals surface area contributed by atoms with Crippen LogP contribution in [0.1, 0.15) is 6.42 Å². The summed E-state index contributed by atoms with van der Waals surface area (Å²) < 4.78 is 5.40. The van der Waals surface area contributed by atoms with Gasteiger partial charge in [0.1, 0.15) is 5.75 Å². The van der Waals surface area contributed by atoms with Crippen LogP contribution in [0.3, 0.4) is 0 Å². The predicted octanol–water partition coefficient (Wildman–Crippen LogP) is 3.16. The Balaban J connectivity index is 1.63. The summed E-state index contributed by atoms with van der Waals surface area (Å²) in [5, 5.41) is 2.87. The van der Waals surface area contributed by atoms with Crippen LogP contribution in [0.4, 0.5) is 11.4 Å². The molecule has 6 heteroatoms. The number of nitrogens with one attached hydrogen (secondary N) is 1. The number of carbonyl (C=O) groups excluding carboxylic acids is 2. The molecule has 1 N–H and O–H groups in total. The van der Waals surface area contributed by atoms with E-state index in [0.29, 0.717) is 18.0 Å². The average molecular weight is 342 g/mol. The van der Waals surface area contributed by atoms with Crippen molar-refractivity contribution in [3.63, 3.8) is 0 Å². The molecule has 1 aliphatic heterocycles. The molecular formula is C18H18N2O3S. The zero-order chi connectivity index (χ0) is 16.9. The third-order valence-corrected chi connectivity index (χ3v) is 4.45. The fourth-order valence-corrected chi connectivity index (χ4v) is 3.00. The average Bonchev–Trinajstić information content (AvgIpc) is 2.61. The minimum Gasteiger partial charge on any atom is -0.482 e. The monoisotopic (exact) mass is 342 g/mol. The van der Waals surface area contributed by atoms with E-state index in [1.165, 1.54) is 0 Å². The quantitative estimate of drug-likeness (QED) is 0.848. The molecule has 0 saturated heterocycles. The molecular weight excluding hydrogens is 324 g/mol. The maximum atomic E-state index is 12.2. The molecule has 2 aromatic carbocycles. The number of amides is 2. The van der Waals surface area contributed by atoms with Gasteiger partial charge < -0.3 is 15.0 Å². The van der Waals surface area contributed by atoms with E-state index in [2.05, 4.69) is 5.32 Å². The number of rotatable bonds is 5.